The van der Waals surface area contributed by atoms with Gasteiger partial charge in [-0.1, -0.05) is 34.1 Å². The Bertz CT molecular complexity index is 234. The van der Waals surface area contributed by atoms with E-state index in [1.165, 1.54) is 25.8 Å². The van der Waals surface area contributed by atoms with Gasteiger partial charge in [0.05, 0.1) is 13.2 Å². The van der Waals surface area contributed by atoms with Gasteiger partial charge in [0, 0.05) is 37.8 Å². The summed E-state index contributed by atoms with van der Waals surface area (Å²) in [7, 11) is 0. The number of nitrogens with one attached hydrogen (secondary N) is 2. The summed E-state index contributed by atoms with van der Waals surface area (Å²) in [5, 5.41) is 6.95. The highest BCUT2D eigenvalue weighted by molar-refractivity contribution is 4.79. The Balaban J connectivity index is 2.12. The molecule has 0 aromatic carbocycles. The van der Waals surface area contributed by atoms with Crippen LogP contribution in [0.2, 0.25) is 0 Å². The molecule has 2 N–H and O–H groups in total. The number of ether oxygens (including phenoxy) is 1. The molecule has 20 heavy (non-hydrogen) atoms. The Morgan fingerprint density at radius 2 is 1.80 bits per heavy atom. The third-order valence-corrected chi connectivity index (χ3v) is 3.83. The second-order valence-corrected chi connectivity index (χ2v) is 6.47. The molecule has 0 aromatic heterocycles. The van der Waals surface area contributed by atoms with E-state index in [1.807, 2.05) is 0 Å². The average molecular weight is 285 g/mol. The molecule has 1 fully saturated rings. The lowest BCUT2D eigenvalue weighted by molar-refractivity contribution is 0.0714. The van der Waals surface area contributed by atoms with Crippen LogP contribution in [0.25, 0.3) is 0 Å². The van der Waals surface area contributed by atoms with Gasteiger partial charge >= 0.3 is 0 Å². The molecule has 4 nitrogen and oxygen atoms in total. The molecule has 1 saturated heterocycles. The largest absolute Gasteiger partial charge is 0.379 e. The molecule has 0 radical (unpaired) electrons. The second kappa shape index (κ2) is 10.6. The highest BCUT2D eigenvalue weighted by Crippen LogP contribution is 2.16. The van der Waals surface area contributed by atoms with Crippen LogP contribution in [0.5, 0.6) is 0 Å². The number of rotatable bonds is 10. The zero-order chi connectivity index (χ0) is 14.8. The Labute approximate surface area is 125 Å². The van der Waals surface area contributed by atoms with Crippen LogP contribution in [0.3, 0.4) is 0 Å². The summed E-state index contributed by atoms with van der Waals surface area (Å²) in [5.74, 6) is 0. The summed E-state index contributed by atoms with van der Waals surface area (Å²) >= 11 is 0. The molecule has 0 aromatic rings. The molecular weight excluding hydrogens is 250 g/mol. The minimum absolute atomic E-state index is 0.548. The van der Waals surface area contributed by atoms with E-state index in [0.717, 1.165) is 32.8 Å². The number of nitrogens with zero attached hydrogens (tertiary/aromatic N) is 1. The van der Waals surface area contributed by atoms with Crippen LogP contribution in [0, 0.1) is 0 Å². The van der Waals surface area contributed by atoms with Crippen LogP contribution < -0.4 is 10.6 Å². The third kappa shape index (κ3) is 8.20. The summed E-state index contributed by atoms with van der Waals surface area (Å²) in [4.78, 5) is 2.61. The van der Waals surface area contributed by atoms with Crippen molar-refractivity contribution in [3.8, 4) is 0 Å². The SMILES string of the molecule is CC(C)NCCOCCN1CCCCC1CNC(C)C. The molecule has 0 aliphatic carbocycles. The first-order valence-electron chi connectivity index (χ1n) is 8.38. The summed E-state index contributed by atoms with van der Waals surface area (Å²) < 4.78 is 5.74. The van der Waals surface area contributed by atoms with Gasteiger partial charge < -0.3 is 15.4 Å². The van der Waals surface area contributed by atoms with Gasteiger partial charge in [-0.25, -0.2) is 0 Å². The van der Waals surface area contributed by atoms with Crippen molar-refractivity contribution in [2.75, 3.05) is 39.4 Å². The van der Waals surface area contributed by atoms with Crippen molar-refractivity contribution in [1.82, 2.24) is 15.5 Å². The Kier molecular flexibility index (Phi) is 9.44. The zero-order valence-electron chi connectivity index (χ0n) is 14.0. The van der Waals surface area contributed by atoms with Gasteiger partial charge in [0.25, 0.3) is 0 Å². The predicted molar refractivity (Wildman–Crippen MR) is 86.3 cm³/mol. The van der Waals surface area contributed by atoms with Crippen LogP contribution in [-0.4, -0.2) is 62.4 Å². The number of hydrogen-bond donors (Lipinski definition) is 2. The maximum atomic E-state index is 5.74. The molecule has 1 unspecified atom stereocenters. The summed E-state index contributed by atoms with van der Waals surface area (Å²) in [6, 6.07) is 1.83. The van der Waals surface area contributed by atoms with Gasteiger partial charge in [-0.05, 0) is 19.4 Å². The molecule has 1 aliphatic heterocycles. The van der Waals surface area contributed by atoms with Crippen LogP contribution in [0.1, 0.15) is 47.0 Å². The summed E-state index contributed by atoms with van der Waals surface area (Å²) in [6.45, 7) is 14.8. The van der Waals surface area contributed by atoms with E-state index in [2.05, 4.69) is 43.2 Å². The molecule has 0 bridgehead atoms. The van der Waals surface area contributed by atoms with Crippen molar-refractivity contribution in [2.45, 2.75) is 65.1 Å². The van der Waals surface area contributed by atoms with Crippen LogP contribution in [0.15, 0.2) is 0 Å². The fraction of sp³-hybridized carbons (Fsp3) is 1.00. The third-order valence-electron chi connectivity index (χ3n) is 3.83. The van der Waals surface area contributed by atoms with Crippen LogP contribution in [-0.2, 0) is 4.74 Å². The lowest BCUT2D eigenvalue weighted by Gasteiger charge is -2.36. The summed E-state index contributed by atoms with van der Waals surface area (Å²) in [5.41, 5.74) is 0. The van der Waals surface area contributed by atoms with E-state index < -0.39 is 0 Å². The van der Waals surface area contributed by atoms with Crippen molar-refractivity contribution in [3.63, 3.8) is 0 Å². The molecule has 1 aliphatic rings. The van der Waals surface area contributed by atoms with E-state index in [9.17, 15) is 0 Å². The first-order chi connectivity index (χ1) is 9.59. The predicted octanol–water partition coefficient (Wildman–Crippen LogP) is 1.85. The average Bonchev–Trinajstić information content (AvgIpc) is 2.41. The maximum absolute atomic E-state index is 5.74. The van der Waals surface area contributed by atoms with E-state index in [0.29, 0.717) is 18.1 Å². The van der Waals surface area contributed by atoms with Gasteiger partial charge in [-0.3, -0.25) is 4.90 Å². The molecular formula is C16H35N3O. The van der Waals surface area contributed by atoms with E-state index >= 15 is 0 Å². The Hall–Kier alpha value is -0.160. The molecule has 1 rings (SSSR count). The lowest BCUT2D eigenvalue weighted by atomic mass is 10.0. The molecule has 1 atom stereocenters. The summed E-state index contributed by atoms with van der Waals surface area (Å²) in [6.07, 6.45) is 4.04. The van der Waals surface area contributed by atoms with Gasteiger partial charge in [-0.2, -0.15) is 0 Å². The zero-order valence-corrected chi connectivity index (χ0v) is 14.0. The fourth-order valence-corrected chi connectivity index (χ4v) is 2.66. The van der Waals surface area contributed by atoms with E-state index in [-0.39, 0.29) is 0 Å². The minimum Gasteiger partial charge on any atom is -0.379 e. The Morgan fingerprint density at radius 1 is 1.05 bits per heavy atom. The standard InChI is InChI=1S/C16H35N3O/c1-14(2)17-8-11-20-12-10-19-9-6-5-7-16(19)13-18-15(3)4/h14-18H,5-13H2,1-4H3. The molecule has 0 spiro atoms. The molecule has 1 heterocycles. The minimum atomic E-state index is 0.548. The maximum Gasteiger partial charge on any atom is 0.0594 e. The second-order valence-electron chi connectivity index (χ2n) is 6.47. The molecule has 0 saturated carbocycles. The number of hydrogen-bond acceptors (Lipinski definition) is 4. The molecule has 4 heteroatoms. The quantitative estimate of drug-likeness (QED) is 0.601. The topological polar surface area (TPSA) is 36.5 Å². The van der Waals surface area contributed by atoms with Crippen molar-refractivity contribution in [3.05, 3.63) is 0 Å². The number of piperidine rings is 1. The van der Waals surface area contributed by atoms with Crippen molar-refractivity contribution < 1.29 is 4.74 Å². The smallest absolute Gasteiger partial charge is 0.0594 e. The van der Waals surface area contributed by atoms with Gasteiger partial charge in [-0.15, -0.1) is 0 Å². The van der Waals surface area contributed by atoms with Crippen molar-refractivity contribution >= 4 is 0 Å². The highest BCUT2D eigenvalue weighted by Gasteiger charge is 2.21. The van der Waals surface area contributed by atoms with Crippen molar-refractivity contribution in [1.29, 1.82) is 0 Å². The Morgan fingerprint density at radius 3 is 2.50 bits per heavy atom. The first-order valence-corrected chi connectivity index (χ1v) is 8.38. The normalized spacial score (nSPS) is 21.0. The van der Waals surface area contributed by atoms with Crippen molar-refractivity contribution in [2.24, 2.45) is 0 Å². The molecule has 120 valence electrons. The van der Waals surface area contributed by atoms with Crippen LogP contribution >= 0.6 is 0 Å². The number of likely N-dealkylation sites (tertiary alicyclic amines) is 1. The van der Waals surface area contributed by atoms with Crippen LogP contribution in [0.4, 0.5) is 0 Å². The lowest BCUT2D eigenvalue weighted by Crippen LogP contribution is -2.47. The van der Waals surface area contributed by atoms with Gasteiger partial charge in [0.2, 0.25) is 0 Å². The van der Waals surface area contributed by atoms with Gasteiger partial charge in [0.15, 0.2) is 0 Å². The molecule has 0 amide bonds. The van der Waals surface area contributed by atoms with E-state index in [1.54, 1.807) is 0 Å². The monoisotopic (exact) mass is 285 g/mol. The highest BCUT2D eigenvalue weighted by atomic mass is 16.5. The van der Waals surface area contributed by atoms with E-state index in [4.69, 9.17) is 4.74 Å². The van der Waals surface area contributed by atoms with Gasteiger partial charge in [0.1, 0.15) is 0 Å². The fourth-order valence-electron chi connectivity index (χ4n) is 2.66. The first kappa shape index (κ1) is 17.9.